The van der Waals surface area contributed by atoms with Gasteiger partial charge in [0.2, 0.25) is 0 Å². The number of rotatable bonds is 11. The van der Waals surface area contributed by atoms with E-state index in [1.807, 2.05) is 6.07 Å². The van der Waals surface area contributed by atoms with Crippen molar-refractivity contribution in [3.63, 3.8) is 0 Å². The van der Waals surface area contributed by atoms with Crippen LogP contribution in [0.25, 0.3) is 0 Å². The number of ether oxygens (including phenoxy) is 1. The van der Waals surface area contributed by atoms with Crippen LogP contribution in [-0.2, 0) is 17.9 Å². The van der Waals surface area contributed by atoms with Crippen LogP contribution in [0.1, 0.15) is 64.7 Å². The van der Waals surface area contributed by atoms with Gasteiger partial charge < -0.3 is 14.5 Å². The monoisotopic (exact) mass is 281 g/mol. The van der Waals surface area contributed by atoms with Crippen LogP contribution in [0, 0.1) is 5.92 Å². The fourth-order valence-corrected chi connectivity index (χ4v) is 2.18. The van der Waals surface area contributed by atoms with Crippen LogP contribution < -0.4 is 5.32 Å². The highest BCUT2D eigenvalue weighted by molar-refractivity contribution is 5.16. The SMILES string of the molecule is CCCCC(CC)COCc1occc1CNC(C)C. The summed E-state index contributed by atoms with van der Waals surface area (Å²) >= 11 is 0. The maximum atomic E-state index is 5.85. The summed E-state index contributed by atoms with van der Waals surface area (Å²) in [7, 11) is 0. The van der Waals surface area contributed by atoms with Crippen LogP contribution in [-0.4, -0.2) is 12.6 Å². The zero-order valence-corrected chi connectivity index (χ0v) is 13.6. The van der Waals surface area contributed by atoms with E-state index < -0.39 is 0 Å². The van der Waals surface area contributed by atoms with E-state index in [0.717, 1.165) is 18.9 Å². The van der Waals surface area contributed by atoms with Crippen molar-refractivity contribution in [2.24, 2.45) is 5.92 Å². The van der Waals surface area contributed by atoms with E-state index in [2.05, 4.69) is 33.0 Å². The van der Waals surface area contributed by atoms with Gasteiger partial charge in [0, 0.05) is 24.8 Å². The average molecular weight is 281 g/mol. The largest absolute Gasteiger partial charge is 0.467 e. The Morgan fingerprint density at radius 2 is 2.10 bits per heavy atom. The molecule has 1 atom stereocenters. The first kappa shape index (κ1) is 17.3. The minimum atomic E-state index is 0.484. The van der Waals surface area contributed by atoms with E-state index in [-0.39, 0.29) is 0 Å². The average Bonchev–Trinajstić information content (AvgIpc) is 2.87. The first-order chi connectivity index (χ1) is 9.67. The molecule has 1 rings (SSSR count). The number of hydrogen-bond donors (Lipinski definition) is 1. The Labute approximate surface area is 124 Å². The van der Waals surface area contributed by atoms with E-state index in [0.29, 0.717) is 18.6 Å². The third kappa shape index (κ3) is 6.58. The molecule has 3 heteroatoms. The number of unbranched alkanes of at least 4 members (excludes halogenated alkanes) is 1. The summed E-state index contributed by atoms with van der Waals surface area (Å²) in [4.78, 5) is 0. The molecule has 1 aromatic rings. The number of nitrogens with one attached hydrogen (secondary N) is 1. The fourth-order valence-electron chi connectivity index (χ4n) is 2.18. The second-order valence-electron chi connectivity index (χ2n) is 5.84. The Kier molecular flexibility index (Phi) is 8.63. The summed E-state index contributed by atoms with van der Waals surface area (Å²) in [5, 5.41) is 3.41. The van der Waals surface area contributed by atoms with Gasteiger partial charge in [0.15, 0.2) is 0 Å². The molecule has 0 bridgehead atoms. The lowest BCUT2D eigenvalue weighted by Gasteiger charge is -2.14. The van der Waals surface area contributed by atoms with Gasteiger partial charge in [-0.25, -0.2) is 0 Å². The van der Waals surface area contributed by atoms with Gasteiger partial charge in [-0.2, -0.15) is 0 Å². The summed E-state index contributed by atoms with van der Waals surface area (Å²) in [5.74, 6) is 1.64. The molecule has 1 N–H and O–H groups in total. The van der Waals surface area contributed by atoms with Crippen molar-refractivity contribution in [1.82, 2.24) is 5.32 Å². The molecule has 1 heterocycles. The Balaban J connectivity index is 2.32. The molecule has 0 saturated heterocycles. The van der Waals surface area contributed by atoms with Crippen LogP contribution in [0.2, 0.25) is 0 Å². The van der Waals surface area contributed by atoms with E-state index >= 15 is 0 Å². The van der Waals surface area contributed by atoms with Crippen molar-refractivity contribution in [2.75, 3.05) is 6.61 Å². The third-order valence-electron chi connectivity index (χ3n) is 3.67. The molecule has 0 radical (unpaired) electrons. The van der Waals surface area contributed by atoms with Crippen molar-refractivity contribution in [3.8, 4) is 0 Å². The minimum Gasteiger partial charge on any atom is -0.467 e. The van der Waals surface area contributed by atoms with Gasteiger partial charge in [0.1, 0.15) is 12.4 Å². The molecule has 0 aromatic carbocycles. The lowest BCUT2D eigenvalue weighted by atomic mass is 10.0. The maximum absolute atomic E-state index is 5.85. The maximum Gasteiger partial charge on any atom is 0.133 e. The lowest BCUT2D eigenvalue weighted by Crippen LogP contribution is -2.22. The minimum absolute atomic E-state index is 0.484. The van der Waals surface area contributed by atoms with E-state index in [1.165, 1.54) is 31.2 Å². The first-order valence-corrected chi connectivity index (χ1v) is 8.03. The molecule has 20 heavy (non-hydrogen) atoms. The van der Waals surface area contributed by atoms with E-state index in [9.17, 15) is 0 Å². The summed E-state index contributed by atoms with van der Waals surface area (Å²) in [6, 6.07) is 2.51. The standard InChI is InChI=1S/C17H31NO2/c1-5-7-8-15(6-2)12-19-13-17-16(9-10-20-17)11-18-14(3)4/h9-10,14-15,18H,5-8,11-13H2,1-4H3. The topological polar surface area (TPSA) is 34.4 Å². The Bertz CT molecular complexity index is 347. The summed E-state index contributed by atoms with van der Waals surface area (Å²) in [6.45, 7) is 11.1. The van der Waals surface area contributed by atoms with Crippen LogP contribution in [0.3, 0.4) is 0 Å². The molecule has 3 nitrogen and oxygen atoms in total. The molecule has 0 aliphatic rings. The third-order valence-corrected chi connectivity index (χ3v) is 3.67. The van der Waals surface area contributed by atoms with Gasteiger partial charge in [-0.3, -0.25) is 0 Å². The number of hydrogen-bond acceptors (Lipinski definition) is 3. The summed E-state index contributed by atoms with van der Waals surface area (Å²) in [6.07, 6.45) is 6.78. The molecule has 0 spiro atoms. The van der Waals surface area contributed by atoms with Gasteiger partial charge in [-0.15, -0.1) is 0 Å². The predicted molar refractivity (Wildman–Crippen MR) is 83.6 cm³/mol. The Morgan fingerprint density at radius 1 is 1.30 bits per heavy atom. The molecule has 1 aromatic heterocycles. The highest BCUT2D eigenvalue weighted by Crippen LogP contribution is 2.16. The highest BCUT2D eigenvalue weighted by Gasteiger charge is 2.10. The Hall–Kier alpha value is -0.800. The second-order valence-corrected chi connectivity index (χ2v) is 5.84. The number of furan rings is 1. The molecule has 0 amide bonds. The van der Waals surface area contributed by atoms with Gasteiger partial charge in [-0.05, 0) is 18.4 Å². The molecule has 0 fully saturated rings. The van der Waals surface area contributed by atoms with Crippen LogP contribution >= 0.6 is 0 Å². The van der Waals surface area contributed by atoms with E-state index in [4.69, 9.17) is 9.15 Å². The molecular weight excluding hydrogens is 250 g/mol. The zero-order chi connectivity index (χ0) is 14.8. The van der Waals surface area contributed by atoms with Gasteiger partial charge in [0.05, 0.1) is 6.26 Å². The van der Waals surface area contributed by atoms with Gasteiger partial charge >= 0.3 is 0 Å². The van der Waals surface area contributed by atoms with Crippen molar-refractivity contribution >= 4 is 0 Å². The highest BCUT2D eigenvalue weighted by atomic mass is 16.5. The van der Waals surface area contributed by atoms with Crippen LogP contribution in [0.4, 0.5) is 0 Å². The van der Waals surface area contributed by atoms with Crippen molar-refractivity contribution in [2.45, 2.75) is 72.6 Å². The van der Waals surface area contributed by atoms with Crippen LogP contribution in [0.15, 0.2) is 16.7 Å². The van der Waals surface area contributed by atoms with Gasteiger partial charge in [0.25, 0.3) is 0 Å². The zero-order valence-electron chi connectivity index (χ0n) is 13.6. The molecule has 1 unspecified atom stereocenters. The quantitative estimate of drug-likeness (QED) is 0.648. The predicted octanol–water partition coefficient (Wildman–Crippen LogP) is 4.51. The summed E-state index contributed by atoms with van der Waals surface area (Å²) < 4.78 is 11.4. The van der Waals surface area contributed by atoms with Gasteiger partial charge in [-0.1, -0.05) is 47.0 Å². The Morgan fingerprint density at radius 3 is 2.75 bits per heavy atom. The second kappa shape index (κ2) is 10.0. The summed E-state index contributed by atoms with van der Waals surface area (Å²) in [5.41, 5.74) is 1.21. The molecule has 0 aliphatic heterocycles. The van der Waals surface area contributed by atoms with Crippen molar-refractivity contribution in [3.05, 3.63) is 23.7 Å². The molecule has 116 valence electrons. The van der Waals surface area contributed by atoms with Crippen LogP contribution in [0.5, 0.6) is 0 Å². The first-order valence-electron chi connectivity index (χ1n) is 8.03. The normalized spacial score (nSPS) is 13.1. The molecule has 0 saturated carbocycles. The molecular formula is C17H31NO2. The van der Waals surface area contributed by atoms with E-state index in [1.54, 1.807) is 6.26 Å². The van der Waals surface area contributed by atoms with Crippen molar-refractivity contribution < 1.29 is 9.15 Å². The smallest absolute Gasteiger partial charge is 0.133 e. The molecule has 0 aliphatic carbocycles. The van der Waals surface area contributed by atoms with Crippen molar-refractivity contribution in [1.29, 1.82) is 0 Å². The lowest BCUT2D eigenvalue weighted by molar-refractivity contribution is 0.0703. The fraction of sp³-hybridized carbons (Fsp3) is 0.765.